The quantitative estimate of drug-likeness (QED) is 0.472. The van der Waals surface area contributed by atoms with Crippen molar-refractivity contribution < 1.29 is 0 Å². The van der Waals surface area contributed by atoms with E-state index in [9.17, 15) is 0 Å². The van der Waals surface area contributed by atoms with E-state index < -0.39 is 0 Å². The summed E-state index contributed by atoms with van der Waals surface area (Å²) in [6.45, 7) is 6.30. The second-order valence-corrected chi connectivity index (χ2v) is 6.19. The Hall–Kier alpha value is -0.990. The zero-order valence-corrected chi connectivity index (χ0v) is 14.1. The molecule has 0 aliphatic heterocycles. The highest BCUT2D eigenvalue weighted by molar-refractivity contribution is 14.1. The topological polar surface area (TPSA) is 68.8 Å². The molecule has 2 aromatic rings. The molecule has 2 rings (SSSR count). The van der Waals surface area contributed by atoms with Crippen molar-refractivity contribution in [3.63, 3.8) is 0 Å². The summed E-state index contributed by atoms with van der Waals surface area (Å²) >= 11 is 2.37. The van der Waals surface area contributed by atoms with Gasteiger partial charge in [-0.3, -0.25) is 11.3 Å². The molecule has 0 saturated carbocycles. The van der Waals surface area contributed by atoms with Gasteiger partial charge in [-0.25, -0.2) is 9.67 Å². The Kier molecular flexibility index (Phi) is 5.11. The minimum absolute atomic E-state index is 0.0310. The summed E-state index contributed by atoms with van der Waals surface area (Å²) in [5, 5.41) is 4.27. The fraction of sp³-hybridized carbons (Fsp3) is 0.429. The Labute approximate surface area is 133 Å². The van der Waals surface area contributed by atoms with Crippen molar-refractivity contribution in [2.75, 3.05) is 0 Å². The lowest BCUT2D eigenvalue weighted by molar-refractivity contribution is 0.467. The third kappa shape index (κ3) is 3.18. The van der Waals surface area contributed by atoms with E-state index in [-0.39, 0.29) is 6.04 Å². The van der Waals surface area contributed by atoms with E-state index in [0.717, 1.165) is 5.82 Å². The Morgan fingerprint density at radius 2 is 2.15 bits per heavy atom. The molecule has 1 aromatic carbocycles. The molecule has 0 radical (unpaired) electrons. The molecule has 1 atom stereocenters. The Bertz CT molecular complexity index is 579. The monoisotopic (exact) mass is 385 g/mol. The van der Waals surface area contributed by atoms with Gasteiger partial charge < -0.3 is 0 Å². The van der Waals surface area contributed by atoms with Crippen molar-refractivity contribution in [3.05, 3.63) is 45.0 Å². The summed E-state index contributed by atoms with van der Waals surface area (Å²) in [6.07, 6.45) is 2.32. The summed E-state index contributed by atoms with van der Waals surface area (Å²) in [5.41, 5.74) is 5.36. The number of nitrogens with two attached hydrogens (primary N) is 1. The van der Waals surface area contributed by atoms with Crippen LogP contribution in [0.2, 0.25) is 0 Å². The normalized spacial score (nSPS) is 12.9. The second kappa shape index (κ2) is 6.64. The molecule has 6 heteroatoms. The zero-order chi connectivity index (χ0) is 14.7. The molecule has 1 unspecified atom stereocenters. The van der Waals surface area contributed by atoms with Crippen LogP contribution in [0.15, 0.2) is 24.5 Å². The highest BCUT2D eigenvalue weighted by atomic mass is 127. The summed E-state index contributed by atoms with van der Waals surface area (Å²) in [5.74, 6) is 6.70. The van der Waals surface area contributed by atoms with Gasteiger partial charge in [0.15, 0.2) is 0 Å². The first-order valence-electron chi connectivity index (χ1n) is 6.64. The zero-order valence-electron chi connectivity index (χ0n) is 12.0. The van der Waals surface area contributed by atoms with Gasteiger partial charge in [-0.15, -0.1) is 0 Å². The smallest absolute Gasteiger partial charge is 0.138 e. The molecule has 20 heavy (non-hydrogen) atoms. The maximum Gasteiger partial charge on any atom is 0.138 e. The highest BCUT2D eigenvalue weighted by Crippen LogP contribution is 2.25. The molecule has 0 amide bonds. The predicted molar refractivity (Wildman–Crippen MR) is 88.1 cm³/mol. The third-order valence-electron chi connectivity index (χ3n) is 3.32. The van der Waals surface area contributed by atoms with Gasteiger partial charge in [0.25, 0.3) is 0 Å². The summed E-state index contributed by atoms with van der Waals surface area (Å²) in [6, 6.07) is 6.60. The summed E-state index contributed by atoms with van der Waals surface area (Å²) < 4.78 is 3.18. The fourth-order valence-corrected chi connectivity index (χ4v) is 2.97. The van der Waals surface area contributed by atoms with Crippen LogP contribution >= 0.6 is 22.6 Å². The number of aromatic nitrogens is 3. The van der Waals surface area contributed by atoms with Crippen molar-refractivity contribution >= 4 is 22.6 Å². The van der Waals surface area contributed by atoms with Crippen LogP contribution in [0.5, 0.6) is 0 Å². The largest absolute Gasteiger partial charge is 0.271 e. The third-order valence-corrected chi connectivity index (χ3v) is 4.79. The Morgan fingerprint density at radius 3 is 2.80 bits per heavy atom. The van der Waals surface area contributed by atoms with Crippen molar-refractivity contribution in [3.8, 4) is 0 Å². The van der Waals surface area contributed by atoms with E-state index in [1.807, 2.05) is 4.68 Å². The fourth-order valence-electron chi connectivity index (χ4n) is 2.23. The van der Waals surface area contributed by atoms with Crippen molar-refractivity contribution in [2.24, 2.45) is 5.84 Å². The standard InChI is InChI=1S/C14H20IN5/c1-9(2)20-13(17-8-18-20)7-12(19-16)11-6-4-5-10(3)14(11)15/h4-6,8-9,12,19H,7,16H2,1-3H3. The molecule has 0 bridgehead atoms. The van der Waals surface area contributed by atoms with Gasteiger partial charge in [-0.05, 0) is 54.5 Å². The summed E-state index contributed by atoms with van der Waals surface area (Å²) in [4.78, 5) is 4.36. The van der Waals surface area contributed by atoms with Gasteiger partial charge in [0.2, 0.25) is 0 Å². The molecule has 0 spiro atoms. The SMILES string of the molecule is Cc1cccc(C(Cc2ncnn2C(C)C)NN)c1I. The number of halogens is 1. The van der Waals surface area contributed by atoms with E-state index >= 15 is 0 Å². The minimum Gasteiger partial charge on any atom is -0.271 e. The molecule has 0 fully saturated rings. The van der Waals surface area contributed by atoms with Gasteiger partial charge in [-0.2, -0.15) is 5.10 Å². The lowest BCUT2D eigenvalue weighted by atomic mass is 10.0. The number of nitrogens with one attached hydrogen (secondary N) is 1. The minimum atomic E-state index is 0.0310. The molecular weight excluding hydrogens is 365 g/mol. The van der Waals surface area contributed by atoms with Gasteiger partial charge in [-0.1, -0.05) is 18.2 Å². The average molecular weight is 385 g/mol. The number of benzene rings is 1. The first-order chi connectivity index (χ1) is 9.54. The van der Waals surface area contributed by atoms with E-state index in [4.69, 9.17) is 5.84 Å². The molecule has 1 aromatic heterocycles. The molecule has 0 aliphatic rings. The maximum atomic E-state index is 5.76. The van der Waals surface area contributed by atoms with Crippen LogP contribution in [0.3, 0.4) is 0 Å². The lowest BCUT2D eigenvalue weighted by Gasteiger charge is -2.19. The number of hydrogen-bond donors (Lipinski definition) is 2. The predicted octanol–water partition coefficient (Wildman–Crippen LogP) is 2.52. The Morgan fingerprint density at radius 1 is 1.40 bits per heavy atom. The van der Waals surface area contributed by atoms with E-state index in [1.54, 1.807) is 6.33 Å². The van der Waals surface area contributed by atoms with Crippen molar-refractivity contribution in [2.45, 2.75) is 39.3 Å². The Balaban J connectivity index is 2.29. The van der Waals surface area contributed by atoms with Gasteiger partial charge in [0.05, 0.1) is 6.04 Å². The van der Waals surface area contributed by atoms with E-state index in [2.05, 4.69) is 77.1 Å². The van der Waals surface area contributed by atoms with Crippen LogP contribution in [-0.4, -0.2) is 14.8 Å². The van der Waals surface area contributed by atoms with Crippen LogP contribution in [0.1, 0.15) is 42.9 Å². The molecule has 3 N–H and O–H groups in total. The van der Waals surface area contributed by atoms with Crippen molar-refractivity contribution in [1.82, 2.24) is 20.2 Å². The molecule has 108 valence electrons. The second-order valence-electron chi connectivity index (χ2n) is 5.12. The van der Waals surface area contributed by atoms with Crippen LogP contribution in [-0.2, 0) is 6.42 Å². The van der Waals surface area contributed by atoms with Crippen LogP contribution < -0.4 is 11.3 Å². The first-order valence-corrected chi connectivity index (χ1v) is 7.72. The van der Waals surface area contributed by atoms with Gasteiger partial charge in [0, 0.05) is 16.0 Å². The lowest BCUT2D eigenvalue weighted by Crippen LogP contribution is -2.31. The van der Waals surface area contributed by atoms with Gasteiger partial charge >= 0.3 is 0 Å². The molecule has 0 aliphatic carbocycles. The molecule has 0 saturated heterocycles. The number of nitrogens with zero attached hydrogens (tertiary/aromatic N) is 3. The number of hydrazine groups is 1. The number of aryl methyl sites for hydroxylation is 1. The average Bonchev–Trinajstić information content (AvgIpc) is 2.88. The first kappa shape index (κ1) is 15.4. The van der Waals surface area contributed by atoms with Crippen LogP contribution in [0.4, 0.5) is 0 Å². The highest BCUT2D eigenvalue weighted by Gasteiger charge is 2.18. The van der Waals surface area contributed by atoms with E-state index in [1.165, 1.54) is 14.7 Å². The van der Waals surface area contributed by atoms with Crippen LogP contribution in [0, 0.1) is 10.5 Å². The molecule has 5 nitrogen and oxygen atoms in total. The van der Waals surface area contributed by atoms with Gasteiger partial charge in [0.1, 0.15) is 12.2 Å². The van der Waals surface area contributed by atoms with E-state index in [0.29, 0.717) is 12.5 Å². The molecular formula is C14H20IN5. The number of hydrogen-bond acceptors (Lipinski definition) is 4. The molecule has 1 heterocycles. The number of rotatable bonds is 5. The maximum absolute atomic E-state index is 5.76. The summed E-state index contributed by atoms with van der Waals surface area (Å²) in [7, 11) is 0. The van der Waals surface area contributed by atoms with Crippen LogP contribution in [0.25, 0.3) is 0 Å². The van der Waals surface area contributed by atoms with Crippen molar-refractivity contribution in [1.29, 1.82) is 0 Å².